The largest absolute Gasteiger partial charge is 0.382 e. The van der Waals surface area contributed by atoms with Gasteiger partial charge in [0.05, 0.1) is 12.1 Å². The van der Waals surface area contributed by atoms with Crippen molar-refractivity contribution < 1.29 is 9.53 Å². The van der Waals surface area contributed by atoms with Crippen molar-refractivity contribution in [3.05, 3.63) is 0 Å². The quantitative estimate of drug-likeness (QED) is 0.655. The molecular weight excluding hydrogens is 230 g/mol. The lowest BCUT2D eigenvalue weighted by atomic mass is 9.87. The Morgan fingerprint density at radius 1 is 1.22 bits per heavy atom. The zero-order valence-corrected chi connectivity index (χ0v) is 11.3. The maximum atomic E-state index is 12.3. The first-order valence-corrected chi connectivity index (χ1v) is 6.98. The monoisotopic (exact) mass is 255 g/mol. The highest BCUT2D eigenvalue weighted by Gasteiger charge is 2.35. The van der Waals surface area contributed by atoms with Gasteiger partial charge in [0.1, 0.15) is 0 Å². The van der Waals surface area contributed by atoms with Crippen LogP contribution >= 0.6 is 0 Å². The van der Waals surface area contributed by atoms with E-state index in [4.69, 9.17) is 4.74 Å². The number of ether oxygens (including phenoxy) is 1. The van der Waals surface area contributed by atoms with E-state index >= 15 is 0 Å². The highest BCUT2D eigenvalue weighted by molar-refractivity contribution is 5.79. The number of hydrogen-bond acceptors (Lipinski definition) is 4. The Hall–Kier alpha value is -0.650. The molecule has 0 radical (unpaired) electrons. The van der Waals surface area contributed by atoms with Crippen molar-refractivity contribution in [1.29, 1.82) is 0 Å². The van der Waals surface area contributed by atoms with Gasteiger partial charge in [-0.3, -0.25) is 4.79 Å². The summed E-state index contributed by atoms with van der Waals surface area (Å²) in [5.74, 6) is 0.394. The Bertz CT molecular complexity index is 266. The molecule has 2 rings (SSSR count). The molecule has 1 amide bonds. The molecule has 0 bridgehead atoms. The molecule has 5 nitrogen and oxygen atoms in total. The van der Waals surface area contributed by atoms with Crippen LogP contribution in [0.2, 0.25) is 0 Å². The van der Waals surface area contributed by atoms with Gasteiger partial charge in [0, 0.05) is 13.0 Å². The van der Waals surface area contributed by atoms with Crippen molar-refractivity contribution in [2.24, 2.45) is 5.92 Å². The minimum Gasteiger partial charge on any atom is -0.382 e. The Morgan fingerprint density at radius 2 is 1.83 bits per heavy atom. The summed E-state index contributed by atoms with van der Waals surface area (Å²) in [4.78, 5) is 12.3. The molecule has 0 aromatic rings. The van der Waals surface area contributed by atoms with Gasteiger partial charge < -0.3 is 20.7 Å². The molecule has 0 atom stereocenters. The summed E-state index contributed by atoms with van der Waals surface area (Å²) in [6, 6.07) is 0. The molecule has 0 aromatic carbocycles. The number of nitrogens with one attached hydrogen (secondary N) is 3. The van der Waals surface area contributed by atoms with E-state index < -0.39 is 0 Å². The molecule has 0 saturated carbocycles. The van der Waals surface area contributed by atoms with Crippen molar-refractivity contribution in [3.63, 3.8) is 0 Å². The van der Waals surface area contributed by atoms with E-state index in [1.807, 2.05) is 0 Å². The topological polar surface area (TPSA) is 62.4 Å². The number of rotatable bonds is 4. The van der Waals surface area contributed by atoms with E-state index in [1.165, 1.54) is 0 Å². The van der Waals surface area contributed by atoms with Crippen molar-refractivity contribution in [2.75, 3.05) is 39.9 Å². The minimum atomic E-state index is -0.151. The maximum Gasteiger partial charge on any atom is 0.223 e. The molecule has 5 heteroatoms. The predicted molar refractivity (Wildman–Crippen MR) is 70.4 cm³/mol. The summed E-state index contributed by atoms with van der Waals surface area (Å²) in [7, 11) is 1.71. The number of hydrogen-bond donors (Lipinski definition) is 3. The van der Waals surface area contributed by atoms with E-state index in [9.17, 15) is 4.79 Å². The number of piperidine rings is 2. The molecule has 2 saturated heterocycles. The van der Waals surface area contributed by atoms with Gasteiger partial charge in [-0.15, -0.1) is 0 Å². The van der Waals surface area contributed by atoms with Gasteiger partial charge in [0.25, 0.3) is 0 Å². The van der Waals surface area contributed by atoms with Gasteiger partial charge in [0.15, 0.2) is 0 Å². The third kappa shape index (κ3) is 3.43. The SMILES string of the molecule is COCC1(NC(=O)C2CCNCC2)CCNCC1. The third-order valence-electron chi connectivity index (χ3n) is 4.08. The lowest BCUT2D eigenvalue weighted by Gasteiger charge is -2.39. The van der Waals surface area contributed by atoms with Crippen LogP contribution < -0.4 is 16.0 Å². The summed E-state index contributed by atoms with van der Waals surface area (Å²) in [5, 5.41) is 9.90. The van der Waals surface area contributed by atoms with Gasteiger partial charge >= 0.3 is 0 Å². The molecule has 0 aromatic heterocycles. The van der Waals surface area contributed by atoms with Crippen molar-refractivity contribution in [3.8, 4) is 0 Å². The Kier molecular flexibility index (Phi) is 4.97. The molecule has 2 fully saturated rings. The second-order valence-electron chi connectivity index (χ2n) is 5.48. The molecule has 0 spiro atoms. The summed E-state index contributed by atoms with van der Waals surface area (Å²) >= 11 is 0. The van der Waals surface area contributed by atoms with E-state index in [1.54, 1.807) is 7.11 Å². The van der Waals surface area contributed by atoms with Crippen molar-refractivity contribution >= 4 is 5.91 Å². The molecule has 104 valence electrons. The van der Waals surface area contributed by atoms with Gasteiger partial charge in [0.2, 0.25) is 5.91 Å². The first kappa shape index (κ1) is 13.8. The van der Waals surface area contributed by atoms with Crippen LogP contribution in [0, 0.1) is 5.92 Å². The zero-order valence-electron chi connectivity index (χ0n) is 11.3. The van der Waals surface area contributed by atoms with Gasteiger partial charge in [-0.05, 0) is 51.9 Å². The lowest BCUT2D eigenvalue weighted by Crippen LogP contribution is -2.58. The molecule has 0 unspecified atom stereocenters. The Labute approximate surface area is 109 Å². The highest BCUT2D eigenvalue weighted by atomic mass is 16.5. The maximum absolute atomic E-state index is 12.3. The number of carbonyl (C=O) groups is 1. The predicted octanol–water partition coefficient (Wildman–Crippen LogP) is -0.129. The second-order valence-corrected chi connectivity index (χ2v) is 5.48. The smallest absolute Gasteiger partial charge is 0.223 e. The first-order chi connectivity index (χ1) is 8.76. The molecule has 3 N–H and O–H groups in total. The van der Waals surface area contributed by atoms with E-state index in [0.29, 0.717) is 6.61 Å². The van der Waals surface area contributed by atoms with Gasteiger partial charge in [-0.2, -0.15) is 0 Å². The standard InChI is InChI=1S/C13H25N3O2/c1-18-10-13(4-8-15-9-5-13)16-12(17)11-2-6-14-7-3-11/h11,14-15H,2-10H2,1H3,(H,16,17). The molecule has 2 aliphatic heterocycles. The Balaban J connectivity index is 1.92. The third-order valence-corrected chi connectivity index (χ3v) is 4.08. The average Bonchev–Trinajstić information content (AvgIpc) is 2.41. The summed E-state index contributed by atoms with van der Waals surface area (Å²) < 4.78 is 5.32. The molecule has 18 heavy (non-hydrogen) atoms. The van der Waals surface area contributed by atoms with Crippen molar-refractivity contribution in [1.82, 2.24) is 16.0 Å². The second kappa shape index (κ2) is 6.50. The van der Waals surface area contributed by atoms with Crippen LogP contribution in [0.4, 0.5) is 0 Å². The van der Waals surface area contributed by atoms with Crippen LogP contribution in [0.5, 0.6) is 0 Å². The molecule has 2 aliphatic rings. The summed E-state index contributed by atoms with van der Waals surface area (Å²) in [6.07, 6.45) is 3.81. The van der Waals surface area contributed by atoms with E-state index in [0.717, 1.165) is 51.9 Å². The van der Waals surface area contributed by atoms with Gasteiger partial charge in [-0.25, -0.2) is 0 Å². The highest BCUT2D eigenvalue weighted by Crippen LogP contribution is 2.21. The molecule has 2 heterocycles. The fourth-order valence-corrected chi connectivity index (χ4v) is 2.93. The number of carbonyl (C=O) groups excluding carboxylic acids is 1. The fourth-order valence-electron chi connectivity index (χ4n) is 2.93. The van der Waals surface area contributed by atoms with Crippen LogP contribution in [-0.2, 0) is 9.53 Å². The van der Waals surface area contributed by atoms with Crippen LogP contribution in [0.1, 0.15) is 25.7 Å². The van der Waals surface area contributed by atoms with Crippen LogP contribution in [-0.4, -0.2) is 51.3 Å². The van der Waals surface area contributed by atoms with E-state index in [2.05, 4.69) is 16.0 Å². The van der Waals surface area contributed by atoms with Crippen molar-refractivity contribution in [2.45, 2.75) is 31.2 Å². The molecule has 0 aliphatic carbocycles. The number of amides is 1. The first-order valence-electron chi connectivity index (χ1n) is 6.98. The van der Waals surface area contributed by atoms with Crippen LogP contribution in [0.15, 0.2) is 0 Å². The minimum absolute atomic E-state index is 0.151. The van der Waals surface area contributed by atoms with Crippen LogP contribution in [0.25, 0.3) is 0 Å². The summed E-state index contributed by atoms with van der Waals surface area (Å²) in [6.45, 7) is 4.44. The van der Waals surface area contributed by atoms with Gasteiger partial charge in [-0.1, -0.05) is 0 Å². The Morgan fingerprint density at radius 3 is 2.44 bits per heavy atom. The normalized spacial score (nSPS) is 24.7. The molecular formula is C13H25N3O2. The zero-order chi connectivity index (χ0) is 12.8. The number of methoxy groups -OCH3 is 1. The van der Waals surface area contributed by atoms with Crippen LogP contribution in [0.3, 0.4) is 0 Å². The fraction of sp³-hybridized carbons (Fsp3) is 0.923. The lowest BCUT2D eigenvalue weighted by molar-refractivity contribution is -0.129. The summed E-state index contributed by atoms with van der Waals surface area (Å²) in [5.41, 5.74) is -0.151. The van der Waals surface area contributed by atoms with E-state index in [-0.39, 0.29) is 17.4 Å². The average molecular weight is 255 g/mol.